The van der Waals surface area contributed by atoms with Crippen LogP contribution in [-0.2, 0) is 14.8 Å². The predicted molar refractivity (Wildman–Crippen MR) is 134 cm³/mol. The normalized spacial score (nSPS) is 16.4. The summed E-state index contributed by atoms with van der Waals surface area (Å²) in [6.07, 6.45) is 4.07. The third kappa shape index (κ3) is 4.86. The first kappa shape index (κ1) is 26.2. The molecule has 186 valence electrons. The standard InChI is InChI=1S/C23H30N4O5S.ClH/c1-4-10-32-23(29)18-12-25-21-20(18)17-11-16(7-8-19(17)26-22(21)28)33(30,31)27(14(2)3)13-15-6-5-9-24-15;/h7-8,11-12,14-15,24-25H,4-6,9-10,13H2,1-3H3,(H,26,28);1H/t15-;/m0./s1. The summed E-state index contributed by atoms with van der Waals surface area (Å²) in [5, 5.41) is 4.19. The van der Waals surface area contributed by atoms with E-state index in [9.17, 15) is 18.0 Å². The largest absolute Gasteiger partial charge is 0.462 e. The van der Waals surface area contributed by atoms with E-state index in [2.05, 4.69) is 15.3 Å². The number of carbonyl (C=O) groups excluding carboxylic acids is 1. The lowest BCUT2D eigenvalue weighted by Crippen LogP contribution is -2.44. The molecule has 9 nitrogen and oxygen atoms in total. The molecular weight excluding hydrogens is 480 g/mol. The van der Waals surface area contributed by atoms with E-state index in [1.54, 1.807) is 6.07 Å². The average Bonchev–Trinajstić information content (AvgIpc) is 3.45. The van der Waals surface area contributed by atoms with Crippen LogP contribution in [0, 0.1) is 0 Å². The van der Waals surface area contributed by atoms with Gasteiger partial charge in [0, 0.05) is 41.1 Å². The van der Waals surface area contributed by atoms with Gasteiger partial charge in [-0.25, -0.2) is 13.2 Å². The zero-order chi connectivity index (χ0) is 23.8. The van der Waals surface area contributed by atoms with Gasteiger partial charge in [0.25, 0.3) is 5.56 Å². The van der Waals surface area contributed by atoms with Gasteiger partial charge in [-0.1, -0.05) is 6.92 Å². The number of aromatic nitrogens is 2. The molecule has 1 aromatic carbocycles. The van der Waals surface area contributed by atoms with Crippen LogP contribution in [0.3, 0.4) is 0 Å². The summed E-state index contributed by atoms with van der Waals surface area (Å²) in [6, 6.07) is 4.50. The number of hydrogen-bond donors (Lipinski definition) is 3. The SMILES string of the molecule is CCCOC(=O)c1c[nH]c2c(=O)[nH]c3ccc(S(=O)(=O)N(C[C@@H]4CCCN4)C(C)C)cc3c12.Cl. The number of benzene rings is 1. The van der Waals surface area contributed by atoms with Gasteiger partial charge >= 0.3 is 5.97 Å². The number of halogens is 1. The average molecular weight is 511 g/mol. The van der Waals surface area contributed by atoms with Gasteiger partial charge in [0.05, 0.1) is 17.1 Å². The fourth-order valence-corrected chi connectivity index (χ4v) is 6.06. The predicted octanol–water partition coefficient (Wildman–Crippen LogP) is 3.15. The van der Waals surface area contributed by atoms with E-state index in [0.717, 1.165) is 19.4 Å². The molecular formula is C23H31ClN4O5S. The van der Waals surface area contributed by atoms with Gasteiger partial charge in [0.2, 0.25) is 10.0 Å². The lowest BCUT2D eigenvalue weighted by Gasteiger charge is -2.28. The summed E-state index contributed by atoms with van der Waals surface area (Å²) in [5.74, 6) is -0.556. The summed E-state index contributed by atoms with van der Waals surface area (Å²) in [4.78, 5) is 30.9. The molecule has 1 saturated heterocycles. The van der Waals surface area contributed by atoms with Crippen LogP contribution in [-0.4, -0.2) is 60.4 Å². The maximum absolute atomic E-state index is 13.6. The number of hydrogen-bond acceptors (Lipinski definition) is 6. The summed E-state index contributed by atoms with van der Waals surface area (Å²) < 4.78 is 34.0. The number of fused-ring (bicyclic) bond motifs is 3. The maximum atomic E-state index is 13.6. The highest BCUT2D eigenvalue weighted by atomic mass is 35.5. The van der Waals surface area contributed by atoms with Crippen molar-refractivity contribution in [1.29, 1.82) is 0 Å². The molecule has 3 heterocycles. The molecule has 1 atom stereocenters. The third-order valence-electron chi connectivity index (χ3n) is 6.02. The molecule has 2 aromatic heterocycles. The molecule has 0 unspecified atom stereocenters. The Bertz CT molecular complexity index is 1340. The van der Waals surface area contributed by atoms with Crippen molar-refractivity contribution in [3.63, 3.8) is 0 Å². The van der Waals surface area contributed by atoms with E-state index in [0.29, 0.717) is 29.3 Å². The Morgan fingerprint density at radius 1 is 1.29 bits per heavy atom. The summed E-state index contributed by atoms with van der Waals surface area (Å²) >= 11 is 0. The Hall–Kier alpha value is -2.40. The molecule has 1 aliphatic rings. The number of aromatic amines is 2. The van der Waals surface area contributed by atoms with Crippen molar-refractivity contribution >= 4 is 50.2 Å². The van der Waals surface area contributed by atoms with Gasteiger partial charge < -0.3 is 20.0 Å². The van der Waals surface area contributed by atoms with Crippen LogP contribution < -0.4 is 10.9 Å². The zero-order valence-corrected chi connectivity index (χ0v) is 21.1. The quantitative estimate of drug-likeness (QED) is 0.400. The van der Waals surface area contributed by atoms with Gasteiger partial charge in [-0.2, -0.15) is 4.31 Å². The van der Waals surface area contributed by atoms with Crippen molar-refractivity contribution < 1.29 is 17.9 Å². The van der Waals surface area contributed by atoms with Crippen LogP contribution in [0.25, 0.3) is 21.8 Å². The topological polar surface area (TPSA) is 124 Å². The van der Waals surface area contributed by atoms with Gasteiger partial charge in [0.1, 0.15) is 5.52 Å². The molecule has 34 heavy (non-hydrogen) atoms. The molecule has 0 saturated carbocycles. The van der Waals surface area contributed by atoms with E-state index in [4.69, 9.17) is 4.74 Å². The first-order chi connectivity index (χ1) is 15.7. The van der Waals surface area contributed by atoms with E-state index in [1.807, 2.05) is 20.8 Å². The fraction of sp³-hybridized carbons (Fsp3) is 0.478. The minimum absolute atomic E-state index is 0. The van der Waals surface area contributed by atoms with Crippen molar-refractivity contribution in [1.82, 2.24) is 19.6 Å². The second kappa shape index (κ2) is 10.5. The highest BCUT2D eigenvalue weighted by Gasteiger charge is 2.31. The first-order valence-electron chi connectivity index (χ1n) is 11.3. The Labute approximate surface area is 204 Å². The van der Waals surface area contributed by atoms with Crippen LogP contribution in [0.1, 0.15) is 50.4 Å². The van der Waals surface area contributed by atoms with Crippen molar-refractivity contribution in [2.24, 2.45) is 0 Å². The van der Waals surface area contributed by atoms with Crippen LogP contribution in [0.15, 0.2) is 34.1 Å². The molecule has 1 aliphatic heterocycles. The second-order valence-corrected chi connectivity index (χ2v) is 10.6. The van der Waals surface area contributed by atoms with Gasteiger partial charge in [-0.05, 0) is 57.9 Å². The van der Waals surface area contributed by atoms with Crippen LogP contribution in [0.2, 0.25) is 0 Å². The number of nitrogens with zero attached hydrogens (tertiary/aromatic N) is 1. The Morgan fingerprint density at radius 2 is 2.06 bits per heavy atom. The number of ether oxygens (including phenoxy) is 1. The number of sulfonamides is 1. The third-order valence-corrected chi connectivity index (χ3v) is 8.06. The summed E-state index contributed by atoms with van der Waals surface area (Å²) in [5.41, 5.74) is 0.472. The molecule has 0 aliphatic carbocycles. The maximum Gasteiger partial charge on any atom is 0.340 e. The highest BCUT2D eigenvalue weighted by Crippen LogP contribution is 2.29. The number of rotatable bonds is 8. The highest BCUT2D eigenvalue weighted by molar-refractivity contribution is 7.89. The van der Waals surface area contributed by atoms with E-state index >= 15 is 0 Å². The molecule has 0 radical (unpaired) electrons. The summed E-state index contributed by atoms with van der Waals surface area (Å²) in [6.45, 7) is 7.14. The molecule has 0 spiro atoms. The van der Waals surface area contributed by atoms with Gasteiger partial charge in [0.15, 0.2) is 0 Å². The van der Waals surface area contributed by atoms with Crippen molar-refractivity contribution in [2.75, 3.05) is 19.7 Å². The molecule has 0 bridgehead atoms. The van der Waals surface area contributed by atoms with Crippen LogP contribution in [0.5, 0.6) is 0 Å². The Balaban J connectivity index is 0.00000324. The Kier molecular flexibility index (Phi) is 8.07. The molecule has 11 heteroatoms. The van der Waals surface area contributed by atoms with Gasteiger partial charge in [-0.3, -0.25) is 4.79 Å². The minimum Gasteiger partial charge on any atom is -0.462 e. The molecule has 3 aromatic rings. The lowest BCUT2D eigenvalue weighted by atomic mass is 10.1. The number of nitrogens with one attached hydrogen (secondary N) is 3. The van der Waals surface area contributed by atoms with Crippen LogP contribution >= 0.6 is 12.4 Å². The van der Waals surface area contributed by atoms with E-state index in [-0.39, 0.29) is 47.1 Å². The lowest BCUT2D eigenvalue weighted by molar-refractivity contribution is 0.0507. The second-order valence-electron chi connectivity index (χ2n) is 8.71. The van der Waals surface area contributed by atoms with Crippen molar-refractivity contribution in [3.05, 3.63) is 40.3 Å². The fourth-order valence-electron chi connectivity index (χ4n) is 4.35. The molecule has 3 N–H and O–H groups in total. The molecule has 0 amide bonds. The van der Waals surface area contributed by atoms with E-state index in [1.165, 1.54) is 22.6 Å². The number of H-pyrrole nitrogens is 2. The minimum atomic E-state index is -3.81. The van der Waals surface area contributed by atoms with Gasteiger partial charge in [-0.15, -0.1) is 12.4 Å². The van der Waals surface area contributed by atoms with Crippen LogP contribution in [0.4, 0.5) is 0 Å². The number of pyridine rings is 1. The Morgan fingerprint density at radius 3 is 2.71 bits per heavy atom. The molecule has 1 fully saturated rings. The first-order valence-corrected chi connectivity index (χ1v) is 12.8. The molecule has 4 rings (SSSR count). The smallest absolute Gasteiger partial charge is 0.340 e. The van der Waals surface area contributed by atoms with E-state index < -0.39 is 21.6 Å². The van der Waals surface area contributed by atoms with Crippen molar-refractivity contribution in [2.45, 2.75) is 57.0 Å². The number of carbonyl (C=O) groups is 1. The van der Waals surface area contributed by atoms with Crippen molar-refractivity contribution in [3.8, 4) is 0 Å². The summed E-state index contributed by atoms with van der Waals surface area (Å²) in [7, 11) is -3.81. The monoisotopic (exact) mass is 510 g/mol. The zero-order valence-electron chi connectivity index (χ0n) is 19.5. The number of esters is 1.